The van der Waals surface area contributed by atoms with Gasteiger partial charge in [-0.3, -0.25) is 14.9 Å². The molecule has 0 aliphatic carbocycles. The van der Waals surface area contributed by atoms with Crippen molar-refractivity contribution in [2.45, 2.75) is 13.8 Å². The van der Waals surface area contributed by atoms with Gasteiger partial charge >= 0.3 is 12.0 Å². The van der Waals surface area contributed by atoms with E-state index >= 15 is 0 Å². The number of amides is 4. The molecule has 10 heteroatoms. The van der Waals surface area contributed by atoms with Crippen molar-refractivity contribution in [2.75, 3.05) is 24.7 Å². The molecule has 3 rings (SSSR count). The fourth-order valence-corrected chi connectivity index (χ4v) is 3.78. The van der Waals surface area contributed by atoms with Crippen LogP contribution in [0.4, 0.5) is 10.5 Å². The summed E-state index contributed by atoms with van der Waals surface area (Å²) in [5.74, 6) is 0.902. The number of ether oxygens (including phenoxy) is 3. The highest BCUT2D eigenvalue weighted by Gasteiger charge is 2.37. The van der Waals surface area contributed by atoms with Crippen molar-refractivity contribution in [1.82, 2.24) is 5.32 Å². The van der Waals surface area contributed by atoms with E-state index in [-0.39, 0.29) is 30.0 Å². The SMILES string of the molecule is C#CCOc1c(Br)cc(/C=C2\C(=O)NC(=O)N(c3ccc(C(=O)OCC)cc3)C2=O)cc1OCC. The molecule has 35 heavy (non-hydrogen) atoms. The number of terminal acetylenes is 1. The summed E-state index contributed by atoms with van der Waals surface area (Å²) in [6.45, 7) is 4.04. The molecule has 2 aromatic rings. The highest BCUT2D eigenvalue weighted by atomic mass is 79.9. The molecule has 0 saturated carbocycles. The molecule has 0 spiro atoms. The Bertz CT molecular complexity index is 1250. The van der Waals surface area contributed by atoms with Crippen LogP contribution in [-0.2, 0) is 14.3 Å². The first-order chi connectivity index (χ1) is 16.8. The monoisotopic (exact) mass is 540 g/mol. The third-order valence-corrected chi connectivity index (χ3v) is 5.27. The Morgan fingerprint density at radius 3 is 2.46 bits per heavy atom. The highest BCUT2D eigenvalue weighted by Crippen LogP contribution is 2.37. The number of urea groups is 1. The molecule has 1 heterocycles. The van der Waals surface area contributed by atoms with Crippen molar-refractivity contribution >= 4 is 51.5 Å². The molecule has 1 saturated heterocycles. The molecule has 2 aromatic carbocycles. The molecule has 0 aromatic heterocycles. The van der Waals surface area contributed by atoms with Gasteiger partial charge in [0.1, 0.15) is 12.2 Å². The van der Waals surface area contributed by atoms with Gasteiger partial charge < -0.3 is 14.2 Å². The minimum Gasteiger partial charge on any atom is -0.490 e. The predicted molar refractivity (Wildman–Crippen MR) is 131 cm³/mol. The van der Waals surface area contributed by atoms with E-state index in [1.807, 2.05) is 0 Å². The van der Waals surface area contributed by atoms with Crippen LogP contribution >= 0.6 is 15.9 Å². The number of rotatable bonds is 8. The molecular weight excluding hydrogens is 520 g/mol. The second-order valence-electron chi connectivity index (χ2n) is 6.98. The summed E-state index contributed by atoms with van der Waals surface area (Å²) in [5.41, 5.74) is 0.602. The van der Waals surface area contributed by atoms with Crippen molar-refractivity contribution in [3.63, 3.8) is 0 Å². The lowest BCUT2D eigenvalue weighted by molar-refractivity contribution is -0.122. The second kappa shape index (κ2) is 11.4. The normalized spacial score (nSPS) is 14.4. The topological polar surface area (TPSA) is 111 Å². The standard InChI is InChI=1S/C25H21BrN2O7/c1-4-11-35-21-19(26)13-15(14-20(21)33-5-2)12-18-22(29)27-25(32)28(23(18)30)17-9-7-16(8-10-17)24(31)34-6-3/h1,7-10,12-14H,5-6,11H2,2-3H3,(H,27,29,32)/b18-12+. The van der Waals surface area contributed by atoms with Crippen LogP contribution in [0, 0.1) is 12.3 Å². The van der Waals surface area contributed by atoms with Crippen LogP contribution in [0.15, 0.2) is 46.4 Å². The van der Waals surface area contributed by atoms with E-state index in [2.05, 4.69) is 27.2 Å². The van der Waals surface area contributed by atoms with E-state index in [1.54, 1.807) is 26.0 Å². The number of carbonyl (C=O) groups is 4. The molecule has 1 aliphatic rings. The van der Waals surface area contributed by atoms with Crippen LogP contribution in [0.2, 0.25) is 0 Å². The fourth-order valence-electron chi connectivity index (χ4n) is 3.21. The zero-order valence-electron chi connectivity index (χ0n) is 18.9. The van der Waals surface area contributed by atoms with Gasteiger partial charge in [0.15, 0.2) is 11.5 Å². The number of imide groups is 2. The van der Waals surface area contributed by atoms with Crippen LogP contribution in [0.5, 0.6) is 11.5 Å². The molecule has 1 aliphatic heterocycles. The van der Waals surface area contributed by atoms with E-state index in [0.29, 0.717) is 28.1 Å². The van der Waals surface area contributed by atoms with Gasteiger partial charge in [-0.25, -0.2) is 14.5 Å². The van der Waals surface area contributed by atoms with E-state index in [4.69, 9.17) is 20.6 Å². The van der Waals surface area contributed by atoms with E-state index in [0.717, 1.165) is 4.90 Å². The van der Waals surface area contributed by atoms with Crippen molar-refractivity contribution in [3.8, 4) is 23.8 Å². The zero-order chi connectivity index (χ0) is 25.5. The van der Waals surface area contributed by atoms with Gasteiger partial charge in [0.25, 0.3) is 11.8 Å². The average molecular weight is 541 g/mol. The fraction of sp³-hybridized carbons (Fsp3) is 0.200. The molecule has 9 nitrogen and oxygen atoms in total. The molecule has 180 valence electrons. The summed E-state index contributed by atoms with van der Waals surface area (Å²) in [6.07, 6.45) is 6.60. The largest absolute Gasteiger partial charge is 0.490 e. The zero-order valence-corrected chi connectivity index (χ0v) is 20.5. The molecule has 0 atom stereocenters. The maximum atomic E-state index is 13.2. The van der Waals surface area contributed by atoms with Crippen LogP contribution in [-0.4, -0.2) is 43.6 Å². The second-order valence-corrected chi connectivity index (χ2v) is 7.84. The van der Waals surface area contributed by atoms with Gasteiger partial charge in [-0.05, 0) is 77.8 Å². The van der Waals surface area contributed by atoms with Crippen molar-refractivity contribution in [2.24, 2.45) is 0 Å². The number of carbonyl (C=O) groups excluding carboxylic acids is 4. The Kier molecular flexibility index (Phi) is 8.28. The Labute approximate surface area is 210 Å². The lowest BCUT2D eigenvalue weighted by Gasteiger charge is -2.26. The minimum absolute atomic E-state index is 0.0199. The van der Waals surface area contributed by atoms with Gasteiger partial charge in [-0.1, -0.05) is 5.92 Å². The van der Waals surface area contributed by atoms with Gasteiger partial charge in [0, 0.05) is 0 Å². The number of barbiturate groups is 1. The summed E-state index contributed by atoms with van der Waals surface area (Å²) in [6, 6.07) is 7.98. The van der Waals surface area contributed by atoms with Gasteiger partial charge in [0.05, 0.1) is 28.9 Å². The average Bonchev–Trinajstić information content (AvgIpc) is 2.82. The molecule has 0 bridgehead atoms. The maximum Gasteiger partial charge on any atom is 0.338 e. The van der Waals surface area contributed by atoms with Crippen LogP contribution < -0.4 is 19.7 Å². The summed E-state index contributed by atoms with van der Waals surface area (Å²) in [4.78, 5) is 50.8. The summed E-state index contributed by atoms with van der Waals surface area (Å²) < 4.78 is 16.6. The van der Waals surface area contributed by atoms with E-state index in [1.165, 1.54) is 30.3 Å². The summed E-state index contributed by atoms with van der Waals surface area (Å²) >= 11 is 3.39. The molecule has 1 N–H and O–H groups in total. The Morgan fingerprint density at radius 2 is 1.83 bits per heavy atom. The van der Waals surface area contributed by atoms with Gasteiger partial charge in [-0.15, -0.1) is 6.42 Å². The first-order valence-corrected chi connectivity index (χ1v) is 11.3. The number of hydrogen-bond donors (Lipinski definition) is 1. The molecule has 0 unspecified atom stereocenters. The minimum atomic E-state index is -0.907. The van der Waals surface area contributed by atoms with Gasteiger partial charge in [0.2, 0.25) is 0 Å². The van der Waals surface area contributed by atoms with E-state index < -0.39 is 23.8 Å². The van der Waals surface area contributed by atoms with Crippen molar-refractivity contribution < 1.29 is 33.4 Å². The van der Waals surface area contributed by atoms with Crippen LogP contribution in [0.25, 0.3) is 6.08 Å². The lowest BCUT2D eigenvalue weighted by Crippen LogP contribution is -2.54. The van der Waals surface area contributed by atoms with Crippen molar-refractivity contribution in [1.29, 1.82) is 0 Å². The maximum absolute atomic E-state index is 13.2. The lowest BCUT2D eigenvalue weighted by atomic mass is 10.1. The smallest absolute Gasteiger partial charge is 0.338 e. The number of anilines is 1. The Hall–Kier alpha value is -4.10. The Balaban J connectivity index is 1.96. The number of esters is 1. The number of benzene rings is 2. The Morgan fingerprint density at radius 1 is 1.11 bits per heavy atom. The summed E-state index contributed by atoms with van der Waals surface area (Å²) in [5, 5.41) is 2.16. The van der Waals surface area contributed by atoms with Crippen molar-refractivity contribution in [3.05, 3.63) is 57.6 Å². The number of nitrogens with one attached hydrogen (secondary N) is 1. The third kappa shape index (κ3) is 5.70. The first-order valence-electron chi connectivity index (χ1n) is 10.5. The highest BCUT2D eigenvalue weighted by molar-refractivity contribution is 9.10. The molecule has 0 radical (unpaired) electrons. The quantitative estimate of drug-likeness (QED) is 0.235. The number of nitrogens with zero attached hydrogens (tertiary/aromatic N) is 1. The number of halogens is 1. The molecule has 4 amide bonds. The van der Waals surface area contributed by atoms with Crippen LogP contribution in [0.1, 0.15) is 29.8 Å². The van der Waals surface area contributed by atoms with Crippen LogP contribution in [0.3, 0.4) is 0 Å². The first kappa shape index (κ1) is 25.5. The van der Waals surface area contributed by atoms with E-state index in [9.17, 15) is 19.2 Å². The molecule has 1 fully saturated rings. The predicted octanol–water partition coefficient (Wildman–Crippen LogP) is 3.70. The number of hydrogen-bond acceptors (Lipinski definition) is 7. The molecular formula is C25H21BrN2O7. The van der Waals surface area contributed by atoms with Gasteiger partial charge in [-0.2, -0.15) is 0 Å². The third-order valence-electron chi connectivity index (χ3n) is 4.68. The summed E-state index contributed by atoms with van der Waals surface area (Å²) in [7, 11) is 0.